The molecule has 0 aliphatic carbocycles. The Balaban J connectivity index is 2.22. The van der Waals surface area contributed by atoms with Crippen LogP contribution in [0.2, 0.25) is 0 Å². The Morgan fingerprint density at radius 2 is 2.12 bits per heavy atom. The molecule has 0 unspecified atom stereocenters. The van der Waals surface area contributed by atoms with Crippen LogP contribution in [0.4, 0.5) is 0 Å². The molecule has 0 fully saturated rings. The molecular weight excluding hydrogens is 214 g/mol. The smallest absolute Gasteiger partial charge is 0.333 e. The van der Waals surface area contributed by atoms with Crippen molar-refractivity contribution in [2.75, 3.05) is 7.11 Å². The molecule has 0 atom stereocenters. The van der Waals surface area contributed by atoms with Crippen molar-refractivity contribution in [3.05, 3.63) is 48.2 Å². The van der Waals surface area contributed by atoms with Gasteiger partial charge < -0.3 is 9.30 Å². The first-order valence-electron chi connectivity index (χ1n) is 5.51. The Hall–Kier alpha value is -2.03. The number of hydrogen-bond donors (Lipinski definition) is 0. The van der Waals surface area contributed by atoms with E-state index in [9.17, 15) is 4.79 Å². The minimum Gasteiger partial charge on any atom is -0.466 e. The van der Waals surface area contributed by atoms with E-state index in [1.807, 2.05) is 24.4 Å². The summed E-state index contributed by atoms with van der Waals surface area (Å²) in [6, 6.07) is 10.2. The zero-order chi connectivity index (χ0) is 12.3. The maximum Gasteiger partial charge on any atom is 0.333 e. The largest absolute Gasteiger partial charge is 0.466 e. The number of para-hydroxylation sites is 1. The first kappa shape index (κ1) is 11.5. The first-order valence-corrected chi connectivity index (χ1v) is 5.51. The van der Waals surface area contributed by atoms with Gasteiger partial charge in [0.25, 0.3) is 0 Å². The molecule has 0 aliphatic heterocycles. The van der Waals surface area contributed by atoms with E-state index in [1.54, 1.807) is 6.92 Å². The Morgan fingerprint density at radius 3 is 2.88 bits per heavy atom. The molecule has 0 N–H and O–H groups in total. The monoisotopic (exact) mass is 229 g/mol. The zero-order valence-corrected chi connectivity index (χ0v) is 10.0. The molecule has 0 aliphatic rings. The normalized spacial score (nSPS) is 11.8. The molecule has 0 spiro atoms. The SMILES string of the molecule is COC(=O)C(C)=CCn1ccc2ccccc21. The number of rotatable bonds is 3. The highest BCUT2D eigenvalue weighted by molar-refractivity contribution is 5.87. The Bertz CT molecular complexity index is 566. The van der Waals surface area contributed by atoms with Crippen molar-refractivity contribution >= 4 is 16.9 Å². The molecule has 2 aromatic rings. The van der Waals surface area contributed by atoms with Gasteiger partial charge in [0.05, 0.1) is 7.11 Å². The highest BCUT2D eigenvalue weighted by Gasteiger charge is 2.03. The summed E-state index contributed by atoms with van der Waals surface area (Å²) in [4.78, 5) is 11.2. The summed E-state index contributed by atoms with van der Waals surface area (Å²) < 4.78 is 6.75. The van der Waals surface area contributed by atoms with E-state index in [4.69, 9.17) is 0 Å². The zero-order valence-electron chi connectivity index (χ0n) is 10.0. The van der Waals surface area contributed by atoms with E-state index in [2.05, 4.69) is 27.5 Å². The van der Waals surface area contributed by atoms with Crippen LogP contribution in [0.25, 0.3) is 10.9 Å². The maximum atomic E-state index is 11.2. The second-order valence-corrected chi connectivity index (χ2v) is 3.91. The lowest BCUT2D eigenvalue weighted by Crippen LogP contribution is -2.03. The van der Waals surface area contributed by atoms with Gasteiger partial charge in [-0.3, -0.25) is 0 Å². The fourth-order valence-corrected chi connectivity index (χ4v) is 1.78. The molecule has 3 heteroatoms. The van der Waals surface area contributed by atoms with Gasteiger partial charge in [0.2, 0.25) is 0 Å². The average molecular weight is 229 g/mol. The quantitative estimate of drug-likeness (QED) is 0.598. The summed E-state index contributed by atoms with van der Waals surface area (Å²) in [5.41, 5.74) is 1.80. The summed E-state index contributed by atoms with van der Waals surface area (Å²) in [7, 11) is 1.39. The van der Waals surface area contributed by atoms with Crippen molar-refractivity contribution in [1.29, 1.82) is 0 Å². The fraction of sp³-hybridized carbons (Fsp3) is 0.214. The van der Waals surface area contributed by atoms with Crippen molar-refractivity contribution in [2.45, 2.75) is 13.5 Å². The standard InChI is InChI=1S/C14H15NO2/c1-11(14(16)17-2)7-9-15-10-8-12-5-3-4-6-13(12)15/h3-8,10H,9H2,1-2H3. The van der Waals surface area contributed by atoms with Crippen LogP contribution in [0.3, 0.4) is 0 Å². The molecule has 1 heterocycles. The number of aromatic nitrogens is 1. The Morgan fingerprint density at radius 1 is 1.35 bits per heavy atom. The first-order chi connectivity index (χ1) is 8.22. The average Bonchev–Trinajstić information content (AvgIpc) is 2.78. The van der Waals surface area contributed by atoms with Crippen LogP contribution in [0, 0.1) is 0 Å². The number of benzene rings is 1. The molecule has 2 rings (SSSR count). The highest BCUT2D eigenvalue weighted by atomic mass is 16.5. The predicted octanol–water partition coefficient (Wildman–Crippen LogP) is 2.76. The van der Waals surface area contributed by atoms with Crippen molar-refractivity contribution in [3.8, 4) is 0 Å². The molecule has 1 aromatic carbocycles. The molecule has 1 aromatic heterocycles. The number of ether oxygens (including phenoxy) is 1. The van der Waals surface area contributed by atoms with Crippen LogP contribution in [0.1, 0.15) is 6.92 Å². The van der Waals surface area contributed by atoms with E-state index < -0.39 is 0 Å². The van der Waals surface area contributed by atoms with Crippen LogP contribution >= 0.6 is 0 Å². The second-order valence-electron chi connectivity index (χ2n) is 3.91. The second kappa shape index (κ2) is 4.87. The Labute approximate surface area is 100 Å². The van der Waals surface area contributed by atoms with Gasteiger partial charge in [0, 0.05) is 23.8 Å². The summed E-state index contributed by atoms with van der Waals surface area (Å²) in [5.74, 6) is -0.276. The van der Waals surface area contributed by atoms with Gasteiger partial charge >= 0.3 is 5.97 Å². The number of esters is 1. The summed E-state index contributed by atoms with van der Waals surface area (Å²) in [6.45, 7) is 2.44. The van der Waals surface area contributed by atoms with Crippen molar-refractivity contribution < 1.29 is 9.53 Å². The fourth-order valence-electron chi connectivity index (χ4n) is 1.78. The van der Waals surface area contributed by atoms with E-state index in [0.29, 0.717) is 12.1 Å². The van der Waals surface area contributed by atoms with Crippen molar-refractivity contribution in [3.63, 3.8) is 0 Å². The van der Waals surface area contributed by atoms with E-state index in [0.717, 1.165) is 0 Å². The minimum atomic E-state index is -0.276. The van der Waals surface area contributed by atoms with E-state index >= 15 is 0 Å². The van der Waals surface area contributed by atoms with Crippen molar-refractivity contribution in [1.82, 2.24) is 4.57 Å². The third-order valence-electron chi connectivity index (χ3n) is 2.78. The highest BCUT2D eigenvalue weighted by Crippen LogP contribution is 2.15. The lowest BCUT2D eigenvalue weighted by Gasteiger charge is -2.03. The number of nitrogens with zero attached hydrogens (tertiary/aromatic N) is 1. The summed E-state index contributed by atoms with van der Waals surface area (Å²) in [6.07, 6.45) is 3.89. The minimum absolute atomic E-state index is 0.276. The van der Waals surface area contributed by atoms with Crippen molar-refractivity contribution in [2.24, 2.45) is 0 Å². The molecular formula is C14H15NO2. The molecule has 88 valence electrons. The lowest BCUT2D eigenvalue weighted by molar-refractivity contribution is -0.136. The number of fused-ring (bicyclic) bond motifs is 1. The van der Waals surface area contributed by atoms with Crippen LogP contribution in [0.15, 0.2) is 48.2 Å². The predicted molar refractivity (Wildman–Crippen MR) is 67.7 cm³/mol. The van der Waals surface area contributed by atoms with Crippen LogP contribution in [-0.4, -0.2) is 17.6 Å². The van der Waals surface area contributed by atoms with E-state index in [-0.39, 0.29) is 5.97 Å². The van der Waals surface area contributed by atoms with Gasteiger partial charge in [-0.05, 0) is 24.4 Å². The summed E-state index contributed by atoms with van der Waals surface area (Å²) >= 11 is 0. The molecule has 0 bridgehead atoms. The third kappa shape index (κ3) is 2.38. The number of carbonyl (C=O) groups is 1. The topological polar surface area (TPSA) is 31.2 Å². The number of hydrogen-bond acceptors (Lipinski definition) is 2. The number of methoxy groups -OCH3 is 1. The molecule has 17 heavy (non-hydrogen) atoms. The number of carbonyl (C=O) groups excluding carboxylic acids is 1. The lowest BCUT2D eigenvalue weighted by atomic mass is 10.2. The van der Waals surface area contributed by atoms with Crippen LogP contribution in [-0.2, 0) is 16.1 Å². The summed E-state index contributed by atoms with van der Waals surface area (Å²) in [5, 5.41) is 1.21. The van der Waals surface area contributed by atoms with Gasteiger partial charge in [0.1, 0.15) is 0 Å². The van der Waals surface area contributed by atoms with Crippen LogP contribution in [0.5, 0.6) is 0 Å². The van der Waals surface area contributed by atoms with Gasteiger partial charge in [-0.2, -0.15) is 0 Å². The maximum absolute atomic E-state index is 11.2. The third-order valence-corrected chi connectivity index (χ3v) is 2.78. The number of allylic oxidation sites excluding steroid dienone is 1. The van der Waals surface area contributed by atoms with Gasteiger partial charge in [0.15, 0.2) is 0 Å². The molecule has 0 radical (unpaired) electrons. The molecule has 3 nitrogen and oxygen atoms in total. The van der Waals surface area contributed by atoms with Gasteiger partial charge in [-0.1, -0.05) is 24.3 Å². The molecule has 0 saturated carbocycles. The van der Waals surface area contributed by atoms with Crippen LogP contribution < -0.4 is 0 Å². The van der Waals surface area contributed by atoms with E-state index in [1.165, 1.54) is 18.0 Å². The Kier molecular flexibility index (Phi) is 3.28. The molecule has 0 amide bonds. The van der Waals surface area contributed by atoms with Gasteiger partial charge in [-0.15, -0.1) is 0 Å². The molecule has 0 saturated heterocycles. The van der Waals surface area contributed by atoms with Gasteiger partial charge in [-0.25, -0.2) is 4.79 Å².